The topological polar surface area (TPSA) is 106 Å². The number of ether oxygens (including phenoxy) is 2. The highest BCUT2D eigenvalue weighted by molar-refractivity contribution is 5.86. The average molecular weight is 530 g/mol. The van der Waals surface area contributed by atoms with Gasteiger partial charge in [-0.3, -0.25) is 4.79 Å². The van der Waals surface area contributed by atoms with E-state index in [9.17, 15) is 14.4 Å². The van der Waals surface area contributed by atoms with Crippen molar-refractivity contribution in [2.45, 2.75) is 51.3 Å². The van der Waals surface area contributed by atoms with Crippen LogP contribution in [0.4, 0.5) is 9.59 Å². The SMILES string of the molecule is CC(C)(C)OC(=O)NCC[C@H](NC(=O)OCC1c2ccccc2-c2ccccc21)C(=O)NCc1ccccc1. The first-order valence-corrected chi connectivity index (χ1v) is 13.1. The molecule has 3 N–H and O–H groups in total. The second kappa shape index (κ2) is 12.5. The summed E-state index contributed by atoms with van der Waals surface area (Å²) in [5, 5.41) is 8.17. The lowest BCUT2D eigenvalue weighted by molar-refractivity contribution is -0.123. The minimum Gasteiger partial charge on any atom is -0.449 e. The molecule has 1 aliphatic rings. The van der Waals surface area contributed by atoms with Crippen molar-refractivity contribution in [3.8, 4) is 11.1 Å². The van der Waals surface area contributed by atoms with Crippen molar-refractivity contribution in [2.75, 3.05) is 13.2 Å². The molecule has 0 radical (unpaired) electrons. The molecule has 3 aromatic rings. The third-order valence-corrected chi connectivity index (χ3v) is 6.36. The van der Waals surface area contributed by atoms with E-state index in [1.165, 1.54) is 0 Å². The molecule has 204 valence electrons. The number of hydrogen-bond acceptors (Lipinski definition) is 5. The van der Waals surface area contributed by atoms with Gasteiger partial charge < -0.3 is 25.4 Å². The highest BCUT2D eigenvalue weighted by Gasteiger charge is 2.30. The van der Waals surface area contributed by atoms with Crippen molar-refractivity contribution >= 4 is 18.1 Å². The maximum Gasteiger partial charge on any atom is 0.407 e. The molecule has 1 atom stereocenters. The lowest BCUT2D eigenvalue weighted by atomic mass is 9.98. The maximum absolute atomic E-state index is 13.0. The molecular weight excluding hydrogens is 494 g/mol. The Balaban J connectivity index is 1.37. The van der Waals surface area contributed by atoms with Crippen molar-refractivity contribution in [2.24, 2.45) is 0 Å². The average Bonchev–Trinajstić information content (AvgIpc) is 3.23. The Morgan fingerprint density at radius 3 is 2.00 bits per heavy atom. The van der Waals surface area contributed by atoms with E-state index in [2.05, 4.69) is 28.1 Å². The largest absolute Gasteiger partial charge is 0.449 e. The molecule has 3 amide bonds. The van der Waals surface area contributed by atoms with Gasteiger partial charge in [0.15, 0.2) is 0 Å². The molecule has 0 heterocycles. The van der Waals surface area contributed by atoms with Gasteiger partial charge in [-0.15, -0.1) is 0 Å². The minimum absolute atomic E-state index is 0.0951. The van der Waals surface area contributed by atoms with Crippen LogP contribution in [0.2, 0.25) is 0 Å². The van der Waals surface area contributed by atoms with Gasteiger partial charge in [-0.1, -0.05) is 78.9 Å². The summed E-state index contributed by atoms with van der Waals surface area (Å²) in [4.78, 5) is 37.9. The fraction of sp³-hybridized carbons (Fsp3) is 0.323. The zero-order chi connectivity index (χ0) is 27.8. The summed E-state index contributed by atoms with van der Waals surface area (Å²) < 4.78 is 10.9. The Hall–Kier alpha value is -4.33. The number of carbonyl (C=O) groups is 3. The predicted octanol–water partition coefficient (Wildman–Crippen LogP) is 5.12. The molecule has 0 unspecified atom stereocenters. The number of fused-ring (bicyclic) bond motifs is 3. The van der Waals surface area contributed by atoms with Gasteiger partial charge in [0, 0.05) is 19.0 Å². The second-order valence-electron chi connectivity index (χ2n) is 10.4. The van der Waals surface area contributed by atoms with Gasteiger partial charge in [-0.05, 0) is 55.0 Å². The van der Waals surface area contributed by atoms with Crippen LogP contribution in [0.5, 0.6) is 0 Å². The van der Waals surface area contributed by atoms with Gasteiger partial charge in [-0.25, -0.2) is 9.59 Å². The normalized spacial score (nSPS) is 13.0. The summed E-state index contributed by atoms with van der Waals surface area (Å²) in [6, 6.07) is 24.7. The van der Waals surface area contributed by atoms with Crippen LogP contribution in [0, 0.1) is 0 Å². The van der Waals surface area contributed by atoms with Crippen molar-refractivity contribution < 1.29 is 23.9 Å². The molecular formula is C31H35N3O5. The lowest BCUT2D eigenvalue weighted by Crippen LogP contribution is -2.48. The number of carbonyl (C=O) groups excluding carboxylic acids is 3. The highest BCUT2D eigenvalue weighted by atomic mass is 16.6. The standard InChI is InChI=1S/C31H35N3O5/c1-31(2,3)39-29(36)32-18-17-27(28(35)33-19-21-11-5-4-6-12-21)34-30(37)38-20-26-24-15-9-7-13-22(24)23-14-8-10-16-25(23)26/h4-16,26-27H,17-20H2,1-3H3,(H,32,36)(H,33,35)(H,34,37)/t27-/m0/s1. The van der Waals surface area contributed by atoms with Gasteiger partial charge in [0.25, 0.3) is 0 Å². The molecule has 0 saturated heterocycles. The Morgan fingerprint density at radius 1 is 0.795 bits per heavy atom. The summed E-state index contributed by atoms with van der Waals surface area (Å²) in [5.41, 5.74) is 4.76. The monoisotopic (exact) mass is 529 g/mol. The van der Waals surface area contributed by atoms with E-state index in [1.807, 2.05) is 66.7 Å². The molecule has 8 nitrogen and oxygen atoms in total. The smallest absolute Gasteiger partial charge is 0.407 e. The van der Waals surface area contributed by atoms with Crippen molar-refractivity contribution in [1.29, 1.82) is 0 Å². The fourth-order valence-corrected chi connectivity index (χ4v) is 4.59. The van der Waals surface area contributed by atoms with Gasteiger partial charge in [-0.2, -0.15) is 0 Å². The maximum atomic E-state index is 13.0. The number of alkyl carbamates (subject to hydrolysis) is 2. The van der Waals surface area contributed by atoms with E-state index in [1.54, 1.807) is 20.8 Å². The van der Waals surface area contributed by atoms with Crippen molar-refractivity contribution in [3.05, 3.63) is 95.6 Å². The fourth-order valence-electron chi connectivity index (χ4n) is 4.59. The molecule has 0 spiro atoms. The summed E-state index contributed by atoms with van der Waals surface area (Å²) in [6.45, 7) is 5.87. The molecule has 1 aliphatic carbocycles. The summed E-state index contributed by atoms with van der Waals surface area (Å²) in [5.74, 6) is -0.472. The van der Waals surface area contributed by atoms with Gasteiger partial charge in [0.05, 0.1) is 0 Å². The Kier molecular flexibility index (Phi) is 8.86. The number of hydrogen-bond donors (Lipinski definition) is 3. The van der Waals surface area contributed by atoms with Crippen LogP contribution < -0.4 is 16.0 Å². The van der Waals surface area contributed by atoms with Crippen LogP contribution >= 0.6 is 0 Å². The van der Waals surface area contributed by atoms with E-state index in [-0.39, 0.29) is 31.4 Å². The summed E-state index contributed by atoms with van der Waals surface area (Å²) >= 11 is 0. The molecule has 4 rings (SSSR count). The third kappa shape index (κ3) is 7.60. The molecule has 0 bridgehead atoms. The van der Waals surface area contributed by atoms with E-state index in [0.29, 0.717) is 6.54 Å². The van der Waals surface area contributed by atoms with Crippen LogP contribution in [0.25, 0.3) is 11.1 Å². The van der Waals surface area contributed by atoms with Crippen LogP contribution in [0.1, 0.15) is 49.8 Å². The minimum atomic E-state index is -0.917. The van der Waals surface area contributed by atoms with E-state index < -0.39 is 23.8 Å². The zero-order valence-corrected chi connectivity index (χ0v) is 22.5. The summed E-state index contributed by atoms with van der Waals surface area (Å²) in [6.07, 6.45) is -1.13. The Morgan fingerprint density at radius 2 is 1.38 bits per heavy atom. The quantitative estimate of drug-likeness (QED) is 0.357. The molecule has 39 heavy (non-hydrogen) atoms. The van der Waals surface area contributed by atoms with Crippen LogP contribution in [0.3, 0.4) is 0 Å². The summed E-state index contributed by atoms with van der Waals surface area (Å²) in [7, 11) is 0. The number of amides is 3. The first-order chi connectivity index (χ1) is 18.7. The van der Waals surface area contributed by atoms with Crippen molar-refractivity contribution in [1.82, 2.24) is 16.0 Å². The van der Waals surface area contributed by atoms with Crippen LogP contribution in [-0.4, -0.2) is 42.9 Å². The van der Waals surface area contributed by atoms with Gasteiger partial charge in [0.1, 0.15) is 18.2 Å². The third-order valence-electron chi connectivity index (χ3n) is 6.36. The van der Waals surface area contributed by atoms with Crippen LogP contribution in [-0.2, 0) is 20.8 Å². The number of rotatable bonds is 9. The second-order valence-corrected chi connectivity index (χ2v) is 10.4. The molecule has 0 aromatic heterocycles. The molecule has 0 saturated carbocycles. The Bertz CT molecular complexity index is 1260. The molecule has 3 aromatic carbocycles. The van der Waals surface area contributed by atoms with E-state index >= 15 is 0 Å². The predicted molar refractivity (Wildman–Crippen MR) is 149 cm³/mol. The molecule has 0 fully saturated rings. The van der Waals surface area contributed by atoms with Gasteiger partial charge >= 0.3 is 12.2 Å². The Labute approximate surface area is 229 Å². The molecule has 0 aliphatic heterocycles. The first kappa shape index (κ1) is 27.7. The van der Waals surface area contributed by atoms with Crippen molar-refractivity contribution in [3.63, 3.8) is 0 Å². The number of benzene rings is 3. The van der Waals surface area contributed by atoms with Crippen LogP contribution in [0.15, 0.2) is 78.9 Å². The highest BCUT2D eigenvalue weighted by Crippen LogP contribution is 2.44. The first-order valence-electron chi connectivity index (χ1n) is 13.1. The lowest BCUT2D eigenvalue weighted by Gasteiger charge is -2.22. The van der Waals surface area contributed by atoms with E-state index in [0.717, 1.165) is 27.8 Å². The number of nitrogens with one attached hydrogen (secondary N) is 3. The zero-order valence-electron chi connectivity index (χ0n) is 22.5. The van der Waals surface area contributed by atoms with Gasteiger partial charge in [0.2, 0.25) is 5.91 Å². The van der Waals surface area contributed by atoms with E-state index in [4.69, 9.17) is 9.47 Å². The molecule has 8 heteroatoms.